The van der Waals surface area contributed by atoms with Gasteiger partial charge in [-0.05, 0) is 37.0 Å². The first-order valence-corrected chi connectivity index (χ1v) is 7.23. The smallest absolute Gasteiger partial charge is 0.409 e. The van der Waals surface area contributed by atoms with E-state index >= 15 is 0 Å². The van der Waals surface area contributed by atoms with Crippen molar-refractivity contribution in [2.75, 3.05) is 5.32 Å². The summed E-state index contributed by atoms with van der Waals surface area (Å²) in [7, 11) is 0. The largest absolute Gasteiger partial charge is 0.465 e. The maximum Gasteiger partial charge on any atom is 0.409 e. The monoisotopic (exact) mass is 280 g/mol. The number of rotatable bonds is 3. The van der Waals surface area contributed by atoms with Crippen LogP contribution in [0.3, 0.4) is 0 Å². The van der Waals surface area contributed by atoms with Crippen LogP contribution in [0.2, 0.25) is 0 Å². The molecule has 2 N–H and O–H groups in total. The van der Waals surface area contributed by atoms with Gasteiger partial charge < -0.3 is 9.67 Å². The van der Waals surface area contributed by atoms with E-state index in [1.165, 1.54) is 29.1 Å². The van der Waals surface area contributed by atoms with Gasteiger partial charge in [-0.3, -0.25) is 5.32 Å². The summed E-state index contributed by atoms with van der Waals surface area (Å²) >= 11 is 0. The van der Waals surface area contributed by atoms with Crippen LogP contribution in [0.5, 0.6) is 0 Å². The van der Waals surface area contributed by atoms with Crippen LogP contribution in [0.25, 0.3) is 21.8 Å². The number of nitrogens with one attached hydrogen (secondary N) is 1. The van der Waals surface area contributed by atoms with E-state index in [2.05, 4.69) is 28.1 Å². The van der Waals surface area contributed by atoms with Gasteiger partial charge in [0.15, 0.2) is 0 Å². The van der Waals surface area contributed by atoms with E-state index in [4.69, 9.17) is 5.11 Å². The van der Waals surface area contributed by atoms with Gasteiger partial charge in [-0.2, -0.15) is 0 Å². The van der Waals surface area contributed by atoms with E-state index in [-0.39, 0.29) is 0 Å². The van der Waals surface area contributed by atoms with Crippen LogP contribution in [0, 0.1) is 5.92 Å². The fourth-order valence-electron chi connectivity index (χ4n) is 3.01. The molecule has 0 radical (unpaired) electrons. The van der Waals surface area contributed by atoms with Crippen molar-refractivity contribution in [2.24, 2.45) is 5.92 Å². The van der Waals surface area contributed by atoms with Crippen LogP contribution in [0.15, 0.2) is 42.5 Å². The molecule has 1 saturated carbocycles. The lowest BCUT2D eigenvalue weighted by molar-refractivity contribution is 0.210. The summed E-state index contributed by atoms with van der Waals surface area (Å²) in [5.74, 6) is 0.764. The number of fused-ring (bicyclic) bond motifs is 3. The van der Waals surface area contributed by atoms with Gasteiger partial charge in [0, 0.05) is 28.5 Å². The van der Waals surface area contributed by atoms with E-state index < -0.39 is 6.09 Å². The Morgan fingerprint density at radius 1 is 1.14 bits per heavy atom. The summed E-state index contributed by atoms with van der Waals surface area (Å²) in [6.45, 7) is 1.01. The Hall–Kier alpha value is -2.49. The third kappa shape index (κ3) is 2.13. The van der Waals surface area contributed by atoms with Gasteiger partial charge in [-0.25, -0.2) is 4.79 Å². The molecule has 1 amide bonds. The third-order valence-electron chi connectivity index (χ3n) is 4.16. The summed E-state index contributed by atoms with van der Waals surface area (Å²) in [4.78, 5) is 10.8. The molecule has 4 nitrogen and oxygen atoms in total. The minimum absolute atomic E-state index is 0.620. The molecule has 0 spiro atoms. The first kappa shape index (κ1) is 12.3. The Morgan fingerprint density at radius 2 is 1.90 bits per heavy atom. The molecule has 1 fully saturated rings. The van der Waals surface area contributed by atoms with Gasteiger partial charge in [0.05, 0.1) is 5.52 Å². The van der Waals surface area contributed by atoms with Gasteiger partial charge in [-0.1, -0.05) is 24.3 Å². The minimum Gasteiger partial charge on any atom is -0.465 e. The molecule has 0 bridgehead atoms. The number of para-hydroxylation sites is 1. The van der Waals surface area contributed by atoms with Crippen molar-refractivity contribution >= 4 is 33.6 Å². The van der Waals surface area contributed by atoms with Crippen LogP contribution in [-0.4, -0.2) is 15.8 Å². The van der Waals surface area contributed by atoms with E-state index in [1.54, 1.807) is 0 Å². The number of amides is 1. The first-order chi connectivity index (χ1) is 10.2. The zero-order valence-electron chi connectivity index (χ0n) is 11.5. The van der Waals surface area contributed by atoms with Crippen molar-refractivity contribution in [1.82, 2.24) is 4.57 Å². The van der Waals surface area contributed by atoms with Crippen LogP contribution in [0.1, 0.15) is 12.8 Å². The van der Waals surface area contributed by atoms with Crippen molar-refractivity contribution in [1.29, 1.82) is 0 Å². The molecule has 106 valence electrons. The van der Waals surface area contributed by atoms with Gasteiger partial charge >= 0.3 is 6.09 Å². The molecule has 0 saturated heterocycles. The highest BCUT2D eigenvalue weighted by Gasteiger charge is 2.23. The molecule has 1 aromatic heterocycles. The fourth-order valence-corrected chi connectivity index (χ4v) is 3.01. The zero-order chi connectivity index (χ0) is 14.4. The summed E-state index contributed by atoms with van der Waals surface area (Å²) in [5, 5.41) is 13.7. The quantitative estimate of drug-likeness (QED) is 0.751. The standard InChI is InChI=1S/C17H16N2O2/c20-17(21)18-12-7-8-14-13-3-1-2-4-15(13)19(16(14)9-12)10-11-5-6-11/h1-4,7-9,11,18H,5-6,10H2,(H,20,21). The minimum atomic E-state index is -1.03. The number of nitrogens with zero attached hydrogens (tertiary/aromatic N) is 1. The fraction of sp³-hybridized carbons (Fsp3) is 0.235. The Bertz CT molecular complexity index is 846. The lowest BCUT2D eigenvalue weighted by Gasteiger charge is -2.07. The number of hydrogen-bond donors (Lipinski definition) is 2. The van der Waals surface area contributed by atoms with Crippen molar-refractivity contribution in [2.45, 2.75) is 19.4 Å². The van der Waals surface area contributed by atoms with Crippen LogP contribution < -0.4 is 5.32 Å². The lowest BCUT2D eigenvalue weighted by atomic mass is 10.1. The second-order valence-electron chi connectivity index (χ2n) is 5.73. The summed E-state index contributed by atoms with van der Waals surface area (Å²) in [6.07, 6.45) is 1.56. The molecule has 1 aliphatic carbocycles. The van der Waals surface area contributed by atoms with Crippen molar-refractivity contribution < 1.29 is 9.90 Å². The van der Waals surface area contributed by atoms with E-state index in [1.807, 2.05) is 24.3 Å². The van der Waals surface area contributed by atoms with Crippen LogP contribution in [-0.2, 0) is 6.54 Å². The topological polar surface area (TPSA) is 54.3 Å². The third-order valence-corrected chi connectivity index (χ3v) is 4.16. The molecule has 1 aliphatic rings. The maximum atomic E-state index is 10.8. The summed E-state index contributed by atoms with van der Waals surface area (Å²) < 4.78 is 2.33. The van der Waals surface area contributed by atoms with E-state index in [9.17, 15) is 4.79 Å². The number of carboxylic acid groups (broad SMARTS) is 1. The predicted molar refractivity (Wildman–Crippen MR) is 83.8 cm³/mol. The van der Waals surface area contributed by atoms with Gasteiger partial charge in [-0.15, -0.1) is 0 Å². The zero-order valence-corrected chi connectivity index (χ0v) is 11.5. The van der Waals surface area contributed by atoms with Gasteiger partial charge in [0.2, 0.25) is 0 Å². The molecular weight excluding hydrogens is 264 g/mol. The van der Waals surface area contributed by atoms with Crippen molar-refractivity contribution in [3.05, 3.63) is 42.5 Å². The highest BCUT2D eigenvalue weighted by Crippen LogP contribution is 2.36. The predicted octanol–water partition coefficient (Wildman–Crippen LogP) is 4.29. The Kier molecular flexibility index (Phi) is 2.64. The highest BCUT2D eigenvalue weighted by atomic mass is 16.4. The van der Waals surface area contributed by atoms with Crippen LogP contribution >= 0.6 is 0 Å². The van der Waals surface area contributed by atoms with Gasteiger partial charge in [0.1, 0.15) is 0 Å². The van der Waals surface area contributed by atoms with Crippen molar-refractivity contribution in [3.63, 3.8) is 0 Å². The van der Waals surface area contributed by atoms with Gasteiger partial charge in [0.25, 0.3) is 0 Å². The lowest BCUT2D eigenvalue weighted by Crippen LogP contribution is -2.07. The molecule has 0 atom stereocenters. The molecule has 2 aromatic carbocycles. The second kappa shape index (κ2) is 4.52. The number of anilines is 1. The number of carbonyl (C=O) groups is 1. The molecular formula is C17H16N2O2. The Morgan fingerprint density at radius 3 is 2.67 bits per heavy atom. The van der Waals surface area contributed by atoms with E-state index in [0.29, 0.717) is 5.69 Å². The molecule has 0 unspecified atom stereocenters. The van der Waals surface area contributed by atoms with Crippen molar-refractivity contribution in [3.8, 4) is 0 Å². The Balaban J connectivity index is 1.95. The maximum absolute atomic E-state index is 10.8. The second-order valence-corrected chi connectivity index (χ2v) is 5.73. The number of aromatic nitrogens is 1. The first-order valence-electron chi connectivity index (χ1n) is 7.23. The van der Waals surface area contributed by atoms with Crippen LogP contribution in [0.4, 0.5) is 10.5 Å². The molecule has 4 rings (SSSR count). The highest BCUT2D eigenvalue weighted by molar-refractivity contribution is 6.09. The Labute approximate surface area is 122 Å². The summed E-state index contributed by atoms with van der Waals surface area (Å²) in [5.41, 5.74) is 2.95. The molecule has 3 aromatic rings. The number of benzene rings is 2. The molecule has 4 heteroatoms. The number of hydrogen-bond acceptors (Lipinski definition) is 1. The van der Waals surface area contributed by atoms with E-state index in [0.717, 1.165) is 18.0 Å². The summed E-state index contributed by atoms with van der Waals surface area (Å²) in [6, 6.07) is 14.1. The molecule has 0 aliphatic heterocycles. The molecule has 1 heterocycles. The average Bonchev–Trinajstić information content (AvgIpc) is 3.23. The normalized spacial score (nSPS) is 14.7. The molecule has 21 heavy (non-hydrogen) atoms. The average molecular weight is 280 g/mol. The SMILES string of the molecule is O=C(O)Nc1ccc2c3ccccc3n(CC3CC3)c2c1.